The molecule has 0 spiro atoms. The van der Waals surface area contributed by atoms with E-state index >= 15 is 0 Å². The van der Waals surface area contributed by atoms with E-state index < -0.39 is 0 Å². The predicted molar refractivity (Wildman–Crippen MR) is 93.2 cm³/mol. The molecular formula is C16H17BrClNOS. The molecule has 1 N–H and O–H groups in total. The largest absolute Gasteiger partial charge is 0.356 e. The molecule has 1 heterocycles. The van der Waals surface area contributed by atoms with Crippen LogP contribution in [0.5, 0.6) is 0 Å². The minimum atomic E-state index is 0.0855. The molecule has 0 bridgehead atoms. The van der Waals surface area contributed by atoms with Gasteiger partial charge in [0.25, 0.3) is 0 Å². The van der Waals surface area contributed by atoms with Gasteiger partial charge in [-0.15, -0.1) is 11.3 Å². The molecule has 112 valence electrons. The lowest BCUT2D eigenvalue weighted by atomic mass is 10.1. The van der Waals surface area contributed by atoms with Crippen molar-refractivity contribution in [2.45, 2.75) is 26.2 Å². The molecule has 0 aliphatic heterocycles. The quantitative estimate of drug-likeness (QED) is 0.761. The van der Waals surface area contributed by atoms with Gasteiger partial charge in [-0.3, -0.25) is 4.79 Å². The first-order valence-corrected chi connectivity index (χ1v) is 8.79. The summed E-state index contributed by atoms with van der Waals surface area (Å²) in [6.07, 6.45) is 2.09. The van der Waals surface area contributed by atoms with Crippen LogP contribution in [0.15, 0.2) is 34.1 Å². The van der Waals surface area contributed by atoms with Crippen LogP contribution >= 0.6 is 38.9 Å². The van der Waals surface area contributed by atoms with Gasteiger partial charge in [0.1, 0.15) is 0 Å². The second-order valence-electron chi connectivity index (χ2n) is 4.89. The van der Waals surface area contributed by atoms with Crippen molar-refractivity contribution in [1.82, 2.24) is 5.32 Å². The number of amides is 1. The highest BCUT2D eigenvalue weighted by Crippen LogP contribution is 2.22. The van der Waals surface area contributed by atoms with Gasteiger partial charge in [0.05, 0.1) is 3.79 Å². The van der Waals surface area contributed by atoms with Gasteiger partial charge in [0.2, 0.25) is 5.91 Å². The van der Waals surface area contributed by atoms with E-state index in [4.69, 9.17) is 11.6 Å². The van der Waals surface area contributed by atoms with Crippen LogP contribution in [0.3, 0.4) is 0 Å². The van der Waals surface area contributed by atoms with Crippen molar-refractivity contribution >= 4 is 44.8 Å². The molecular weight excluding hydrogens is 370 g/mol. The number of rotatable bonds is 6. The first-order chi connectivity index (χ1) is 10.0. The lowest BCUT2D eigenvalue weighted by molar-refractivity contribution is -0.121. The molecule has 2 aromatic rings. The summed E-state index contributed by atoms with van der Waals surface area (Å²) in [7, 11) is 0. The van der Waals surface area contributed by atoms with E-state index in [0.29, 0.717) is 13.0 Å². The Morgan fingerprint density at radius 3 is 2.76 bits per heavy atom. The van der Waals surface area contributed by atoms with Gasteiger partial charge >= 0.3 is 0 Å². The third kappa shape index (κ3) is 5.46. The van der Waals surface area contributed by atoms with Crippen LogP contribution in [0.25, 0.3) is 0 Å². The summed E-state index contributed by atoms with van der Waals surface area (Å²) < 4.78 is 1.13. The summed E-state index contributed by atoms with van der Waals surface area (Å²) in [4.78, 5) is 13.1. The Morgan fingerprint density at radius 2 is 2.10 bits per heavy atom. The number of hydrogen-bond donors (Lipinski definition) is 1. The highest BCUT2D eigenvalue weighted by molar-refractivity contribution is 9.11. The fourth-order valence-corrected chi connectivity index (χ4v) is 3.64. The molecule has 0 fully saturated rings. The second-order valence-corrected chi connectivity index (χ2v) is 7.84. The molecule has 0 aliphatic rings. The van der Waals surface area contributed by atoms with E-state index in [1.165, 1.54) is 4.88 Å². The number of nitrogens with one attached hydrogen (secondary N) is 1. The molecule has 0 unspecified atom stereocenters. The Kier molecular flexibility index (Phi) is 6.27. The minimum Gasteiger partial charge on any atom is -0.356 e. The maximum atomic E-state index is 11.8. The smallest absolute Gasteiger partial charge is 0.220 e. The first kappa shape index (κ1) is 16.5. The lowest BCUT2D eigenvalue weighted by Crippen LogP contribution is -2.25. The number of halogens is 2. The average molecular weight is 387 g/mol. The molecule has 0 radical (unpaired) electrons. The van der Waals surface area contributed by atoms with Gasteiger partial charge < -0.3 is 5.32 Å². The Bertz CT molecular complexity index is 626. The number of thiophene rings is 1. The van der Waals surface area contributed by atoms with E-state index in [9.17, 15) is 4.79 Å². The van der Waals surface area contributed by atoms with Crippen LogP contribution in [0.4, 0.5) is 0 Å². The molecule has 0 saturated heterocycles. The fraction of sp³-hybridized carbons (Fsp3) is 0.312. The molecule has 1 aromatic carbocycles. The number of carbonyl (C=O) groups is 1. The maximum Gasteiger partial charge on any atom is 0.220 e. The van der Waals surface area contributed by atoms with Crippen molar-refractivity contribution in [3.8, 4) is 0 Å². The third-order valence-corrected chi connectivity index (χ3v) is 5.29. The Labute approximate surface area is 142 Å². The zero-order valence-corrected chi connectivity index (χ0v) is 14.9. The van der Waals surface area contributed by atoms with E-state index in [-0.39, 0.29) is 5.91 Å². The molecule has 5 heteroatoms. The van der Waals surface area contributed by atoms with Gasteiger partial charge in [-0.05, 0) is 65.0 Å². The second kappa shape index (κ2) is 7.97. The Balaban J connectivity index is 1.70. The molecule has 0 atom stereocenters. The summed E-state index contributed by atoms with van der Waals surface area (Å²) in [5.74, 6) is 0.0855. The van der Waals surface area contributed by atoms with Crippen molar-refractivity contribution in [1.29, 1.82) is 0 Å². The highest BCUT2D eigenvalue weighted by Gasteiger charge is 2.04. The normalized spacial score (nSPS) is 10.6. The molecule has 2 nitrogen and oxygen atoms in total. The minimum absolute atomic E-state index is 0.0855. The average Bonchev–Trinajstić information content (AvgIpc) is 2.86. The van der Waals surface area contributed by atoms with E-state index in [1.807, 2.05) is 31.2 Å². The highest BCUT2D eigenvalue weighted by atomic mass is 79.9. The van der Waals surface area contributed by atoms with Crippen molar-refractivity contribution in [2.24, 2.45) is 0 Å². The fourth-order valence-electron chi connectivity index (χ4n) is 1.95. The molecule has 1 amide bonds. The third-order valence-electron chi connectivity index (χ3n) is 3.20. The summed E-state index contributed by atoms with van der Waals surface area (Å²) in [6.45, 7) is 2.65. The summed E-state index contributed by atoms with van der Waals surface area (Å²) in [6, 6.07) is 10.1. The Morgan fingerprint density at radius 1 is 1.29 bits per heavy atom. The number of carbonyl (C=O) groups excluding carboxylic acids is 1. The summed E-state index contributed by atoms with van der Waals surface area (Å²) >= 11 is 11.2. The molecule has 1 aromatic heterocycles. The molecule has 21 heavy (non-hydrogen) atoms. The molecule has 2 rings (SSSR count). The van der Waals surface area contributed by atoms with Crippen LogP contribution in [-0.4, -0.2) is 12.5 Å². The standard InChI is InChI=1S/C16H17BrClNOS/c1-11-2-3-12(10-14(11)18)4-7-16(20)19-9-8-13-5-6-15(17)21-13/h2-3,5-6,10H,4,7-9H2,1H3,(H,19,20). The van der Waals surface area contributed by atoms with Crippen LogP contribution in [0.2, 0.25) is 5.02 Å². The van der Waals surface area contributed by atoms with Crippen molar-refractivity contribution in [2.75, 3.05) is 6.54 Å². The maximum absolute atomic E-state index is 11.8. The molecule has 0 aliphatic carbocycles. The number of aryl methyl sites for hydroxylation is 2. The topological polar surface area (TPSA) is 29.1 Å². The first-order valence-electron chi connectivity index (χ1n) is 6.80. The van der Waals surface area contributed by atoms with Gasteiger partial charge in [-0.1, -0.05) is 23.7 Å². The summed E-state index contributed by atoms with van der Waals surface area (Å²) in [5.41, 5.74) is 2.16. The van der Waals surface area contributed by atoms with Gasteiger partial charge in [0, 0.05) is 22.9 Å². The van der Waals surface area contributed by atoms with E-state index in [0.717, 1.165) is 32.8 Å². The van der Waals surface area contributed by atoms with Crippen LogP contribution in [-0.2, 0) is 17.6 Å². The van der Waals surface area contributed by atoms with E-state index in [2.05, 4.69) is 27.3 Å². The van der Waals surface area contributed by atoms with Gasteiger partial charge in [0.15, 0.2) is 0 Å². The zero-order valence-electron chi connectivity index (χ0n) is 11.8. The monoisotopic (exact) mass is 385 g/mol. The van der Waals surface area contributed by atoms with Gasteiger partial charge in [-0.25, -0.2) is 0 Å². The van der Waals surface area contributed by atoms with Crippen molar-refractivity contribution in [3.63, 3.8) is 0 Å². The Hall–Kier alpha value is -0.840. The van der Waals surface area contributed by atoms with E-state index in [1.54, 1.807) is 11.3 Å². The number of benzene rings is 1. The lowest BCUT2D eigenvalue weighted by Gasteiger charge is -2.06. The predicted octanol–water partition coefficient (Wildman–Crippen LogP) is 4.76. The zero-order chi connectivity index (χ0) is 15.2. The van der Waals surface area contributed by atoms with Crippen molar-refractivity contribution < 1.29 is 4.79 Å². The SMILES string of the molecule is Cc1ccc(CCC(=O)NCCc2ccc(Br)s2)cc1Cl. The number of hydrogen-bond acceptors (Lipinski definition) is 2. The van der Waals surface area contributed by atoms with Crippen molar-refractivity contribution in [3.05, 3.63) is 55.1 Å². The molecule has 0 saturated carbocycles. The van der Waals surface area contributed by atoms with Crippen LogP contribution in [0.1, 0.15) is 22.4 Å². The van der Waals surface area contributed by atoms with Gasteiger partial charge in [-0.2, -0.15) is 0 Å². The van der Waals surface area contributed by atoms with Crippen LogP contribution < -0.4 is 5.32 Å². The van der Waals surface area contributed by atoms with Crippen LogP contribution in [0, 0.1) is 6.92 Å². The summed E-state index contributed by atoms with van der Waals surface area (Å²) in [5, 5.41) is 3.72.